The SMILES string of the molecule is Cc1[nH]c2ccccc2c1CCNCC(C)CN. The smallest absolute Gasteiger partial charge is 0.0458 e. The molecule has 2 rings (SSSR count). The number of nitrogens with one attached hydrogen (secondary N) is 2. The molecule has 1 aromatic carbocycles. The molecule has 18 heavy (non-hydrogen) atoms. The Morgan fingerprint density at radius 2 is 2.11 bits per heavy atom. The standard InChI is InChI=1S/C15H23N3/c1-11(9-16)10-17-8-7-13-12(2)18-15-6-4-3-5-14(13)15/h3-6,11,17-18H,7-10,16H2,1-2H3. The van der Waals surface area contributed by atoms with Crippen LogP contribution in [0.15, 0.2) is 24.3 Å². The zero-order chi connectivity index (χ0) is 13.0. The molecule has 2 aromatic rings. The number of benzene rings is 1. The lowest BCUT2D eigenvalue weighted by molar-refractivity contribution is 0.524. The Morgan fingerprint density at radius 1 is 1.33 bits per heavy atom. The fraction of sp³-hybridized carbons (Fsp3) is 0.467. The Kier molecular flexibility index (Phi) is 4.39. The lowest BCUT2D eigenvalue weighted by Crippen LogP contribution is -2.27. The molecule has 1 heterocycles. The molecule has 0 aliphatic heterocycles. The second-order valence-corrected chi connectivity index (χ2v) is 5.07. The minimum atomic E-state index is 0.550. The number of aryl methyl sites for hydroxylation is 1. The van der Waals surface area contributed by atoms with E-state index in [-0.39, 0.29) is 0 Å². The van der Waals surface area contributed by atoms with Crippen molar-refractivity contribution in [2.75, 3.05) is 19.6 Å². The highest BCUT2D eigenvalue weighted by Crippen LogP contribution is 2.21. The third-order valence-corrected chi connectivity index (χ3v) is 3.47. The summed E-state index contributed by atoms with van der Waals surface area (Å²) in [6.07, 6.45) is 1.06. The van der Waals surface area contributed by atoms with Gasteiger partial charge in [-0.05, 0) is 50.5 Å². The van der Waals surface area contributed by atoms with Crippen molar-refractivity contribution in [1.82, 2.24) is 10.3 Å². The zero-order valence-corrected chi connectivity index (χ0v) is 11.3. The summed E-state index contributed by atoms with van der Waals surface area (Å²) in [5.41, 5.74) is 9.55. The van der Waals surface area contributed by atoms with Crippen molar-refractivity contribution in [2.45, 2.75) is 20.3 Å². The van der Waals surface area contributed by atoms with Gasteiger partial charge < -0.3 is 16.0 Å². The monoisotopic (exact) mass is 245 g/mol. The highest BCUT2D eigenvalue weighted by Gasteiger charge is 2.07. The third-order valence-electron chi connectivity index (χ3n) is 3.47. The second kappa shape index (κ2) is 6.03. The van der Waals surface area contributed by atoms with Gasteiger partial charge in [-0.15, -0.1) is 0 Å². The molecule has 1 aromatic heterocycles. The van der Waals surface area contributed by atoms with Gasteiger partial charge in [0.1, 0.15) is 0 Å². The molecule has 0 spiro atoms. The predicted molar refractivity (Wildman–Crippen MR) is 77.8 cm³/mol. The predicted octanol–water partition coefficient (Wildman–Crippen LogP) is 2.20. The lowest BCUT2D eigenvalue weighted by atomic mass is 10.1. The summed E-state index contributed by atoms with van der Waals surface area (Å²) >= 11 is 0. The molecule has 3 heteroatoms. The van der Waals surface area contributed by atoms with Crippen LogP contribution < -0.4 is 11.1 Å². The number of nitrogens with two attached hydrogens (primary N) is 1. The quantitative estimate of drug-likeness (QED) is 0.683. The summed E-state index contributed by atoms with van der Waals surface area (Å²) in [6.45, 7) is 7.08. The number of aromatic amines is 1. The molecule has 98 valence electrons. The molecule has 0 radical (unpaired) electrons. The van der Waals surface area contributed by atoms with Gasteiger partial charge in [0.15, 0.2) is 0 Å². The maximum atomic E-state index is 5.60. The van der Waals surface area contributed by atoms with Crippen LogP contribution in [-0.2, 0) is 6.42 Å². The van der Waals surface area contributed by atoms with Crippen LogP contribution in [0.2, 0.25) is 0 Å². The lowest BCUT2D eigenvalue weighted by Gasteiger charge is -2.09. The van der Waals surface area contributed by atoms with E-state index in [0.717, 1.165) is 26.1 Å². The first-order valence-corrected chi connectivity index (χ1v) is 6.69. The molecule has 0 aliphatic rings. The highest BCUT2D eigenvalue weighted by atomic mass is 14.9. The zero-order valence-electron chi connectivity index (χ0n) is 11.3. The molecule has 0 aliphatic carbocycles. The van der Waals surface area contributed by atoms with Gasteiger partial charge in [0.2, 0.25) is 0 Å². The molecule has 1 unspecified atom stereocenters. The van der Waals surface area contributed by atoms with E-state index in [1.54, 1.807) is 0 Å². The van der Waals surface area contributed by atoms with E-state index in [4.69, 9.17) is 5.73 Å². The van der Waals surface area contributed by atoms with Gasteiger partial charge in [0, 0.05) is 16.6 Å². The van der Waals surface area contributed by atoms with Crippen molar-refractivity contribution >= 4 is 10.9 Å². The minimum absolute atomic E-state index is 0.550. The van der Waals surface area contributed by atoms with Crippen LogP contribution in [0, 0.1) is 12.8 Å². The van der Waals surface area contributed by atoms with Crippen LogP contribution in [0.1, 0.15) is 18.2 Å². The largest absolute Gasteiger partial charge is 0.358 e. The van der Waals surface area contributed by atoms with Crippen molar-refractivity contribution in [2.24, 2.45) is 11.7 Å². The van der Waals surface area contributed by atoms with Crippen LogP contribution in [-0.4, -0.2) is 24.6 Å². The van der Waals surface area contributed by atoms with Crippen molar-refractivity contribution in [3.8, 4) is 0 Å². The molecular formula is C15H23N3. The van der Waals surface area contributed by atoms with E-state index in [1.165, 1.54) is 22.2 Å². The number of aromatic nitrogens is 1. The van der Waals surface area contributed by atoms with Crippen LogP contribution >= 0.6 is 0 Å². The average Bonchev–Trinajstić information content (AvgIpc) is 2.70. The highest BCUT2D eigenvalue weighted by molar-refractivity contribution is 5.84. The van der Waals surface area contributed by atoms with Gasteiger partial charge in [-0.1, -0.05) is 25.1 Å². The molecule has 1 atom stereocenters. The Bertz CT molecular complexity index is 501. The molecule has 3 nitrogen and oxygen atoms in total. The van der Waals surface area contributed by atoms with Crippen LogP contribution in [0.25, 0.3) is 10.9 Å². The summed E-state index contributed by atoms with van der Waals surface area (Å²) < 4.78 is 0. The van der Waals surface area contributed by atoms with Crippen molar-refractivity contribution in [3.05, 3.63) is 35.5 Å². The Labute approximate surface area is 109 Å². The molecular weight excluding hydrogens is 222 g/mol. The maximum absolute atomic E-state index is 5.60. The van der Waals surface area contributed by atoms with Crippen LogP contribution in [0.4, 0.5) is 0 Å². The Balaban J connectivity index is 1.97. The Morgan fingerprint density at radius 3 is 2.89 bits per heavy atom. The molecule has 4 N–H and O–H groups in total. The van der Waals surface area contributed by atoms with Crippen molar-refractivity contribution in [1.29, 1.82) is 0 Å². The third kappa shape index (κ3) is 2.92. The fourth-order valence-electron chi connectivity index (χ4n) is 2.30. The van der Waals surface area contributed by atoms with Gasteiger partial charge in [0.25, 0.3) is 0 Å². The van der Waals surface area contributed by atoms with Gasteiger partial charge in [-0.2, -0.15) is 0 Å². The molecule has 0 saturated carbocycles. The first kappa shape index (κ1) is 13.1. The number of para-hydroxylation sites is 1. The first-order chi connectivity index (χ1) is 8.72. The maximum Gasteiger partial charge on any atom is 0.0458 e. The van der Waals surface area contributed by atoms with Crippen molar-refractivity contribution in [3.63, 3.8) is 0 Å². The summed E-state index contributed by atoms with van der Waals surface area (Å²) in [5.74, 6) is 0.550. The fourth-order valence-corrected chi connectivity index (χ4v) is 2.30. The summed E-state index contributed by atoms with van der Waals surface area (Å²) in [7, 11) is 0. The normalized spacial score (nSPS) is 13.1. The van der Waals surface area contributed by atoms with Gasteiger partial charge in [-0.25, -0.2) is 0 Å². The number of hydrogen-bond acceptors (Lipinski definition) is 2. The number of fused-ring (bicyclic) bond motifs is 1. The van der Waals surface area contributed by atoms with Crippen LogP contribution in [0.3, 0.4) is 0 Å². The molecule has 0 saturated heterocycles. The summed E-state index contributed by atoms with van der Waals surface area (Å²) in [5, 5.41) is 4.82. The van der Waals surface area contributed by atoms with Crippen LogP contribution in [0.5, 0.6) is 0 Å². The van der Waals surface area contributed by atoms with E-state index in [9.17, 15) is 0 Å². The van der Waals surface area contributed by atoms with Gasteiger partial charge in [-0.3, -0.25) is 0 Å². The van der Waals surface area contributed by atoms with E-state index < -0.39 is 0 Å². The number of rotatable bonds is 6. The second-order valence-electron chi connectivity index (χ2n) is 5.07. The van der Waals surface area contributed by atoms with E-state index in [2.05, 4.69) is 48.4 Å². The van der Waals surface area contributed by atoms with Gasteiger partial charge >= 0.3 is 0 Å². The number of H-pyrrole nitrogens is 1. The summed E-state index contributed by atoms with van der Waals surface area (Å²) in [6, 6.07) is 8.50. The van der Waals surface area contributed by atoms with Crippen molar-refractivity contribution < 1.29 is 0 Å². The molecule has 0 fully saturated rings. The average molecular weight is 245 g/mol. The molecule has 0 bridgehead atoms. The van der Waals surface area contributed by atoms with E-state index in [0.29, 0.717) is 5.92 Å². The minimum Gasteiger partial charge on any atom is -0.358 e. The first-order valence-electron chi connectivity index (χ1n) is 6.69. The van der Waals surface area contributed by atoms with E-state index >= 15 is 0 Å². The summed E-state index contributed by atoms with van der Waals surface area (Å²) in [4.78, 5) is 3.44. The van der Waals surface area contributed by atoms with E-state index in [1.807, 2.05) is 0 Å². The van der Waals surface area contributed by atoms with Gasteiger partial charge in [0.05, 0.1) is 0 Å². The molecule has 0 amide bonds. The number of hydrogen-bond donors (Lipinski definition) is 3. The topological polar surface area (TPSA) is 53.8 Å². The Hall–Kier alpha value is -1.32.